The molecule has 51 heavy (non-hydrogen) atoms. The fraction of sp³-hybridized carbons (Fsp3) is 0.951. The maximum absolute atomic E-state index is 12.7. The van der Waals surface area contributed by atoms with Gasteiger partial charge in [0.05, 0.1) is 13.2 Å². The minimum absolute atomic E-state index is 0.210. The standard InChI is InChI=1S/C41H78O10/c1-3-5-7-9-11-13-14-15-16-17-18-19-20-22-23-25-27-29-36(43)48-32-34(33-49-41-40(47)39(46)38(45)35(31-42)51-41)50-37(44)30-28-26-24-21-12-10-8-6-4-2/h34-35,38-42,45-47H,3-33H2,1-2H3/t34-,35-,38+,39?,40?,41-/m0/s1. The molecule has 1 saturated heterocycles. The Morgan fingerprint density at radius 3 is 1.33 bits per heavy atom. The third-order valence-electron chi connectivity index (χ3n) is 9.99. The van der Waals surface area contributed by atoms with Crippen molar-refractivity contribution in [2.45, 2.75) is 230 Å². The normalized spacial score (nSPS) is 21.1. The van der Waals surface area contributed by atoms with Gasteiger partial charge in [-0.3, -0.25) is 9.59 Å². The topological polar surface area (TPSA) is 152 Å². The van der Waals surface area contributed by atoms with E-state index in [1.54, 1.807) is 0 Å². The quantitative estimate of drug-likeness (QED) is 0.0371. The van der Waals surface area contributed by atoms with Crippen molar-refractivity contribution < 1.29 is 49.0 Å². The number of carbonyl (C=O) groups excluding carboxylic acids is 2. The van der Waals surface area contributed by atoms with Crippen LogP contribution in [-0.2, 0) is 28.5 Å². The van der Waals surface area contributed by atoms with Crippen molar-refractivity contribution in [3.8, 4) is 0 Å². The molecule has 0 spiro atoms. The lowest BCUT2D eigenvalue weighted by Gasteiger charge is -2.39. The van der Waals surface area contributed by atoms with Gasteiger partial charge in [-0.2, -0.15) is 0 Å². The van der Waals surface area contributed by atoms with Crippen molar-refractivity contribution >= 4 is 11.9 Å². The van der Waals surface area contributed by atoms with E-state index in [1.807, 2.05) is 0 Å². The smallest absolute Gasteiger partial charge is 0.306 e. The Balaban J connectivity index is 2.29. The van der Waals surface area contributed by atoms with Crippen LogP contribution in [0.3, 0.4) is 0 Å². The Bertz CT molecular complexity index is 809. The number of esters is 2. The van der Waals surface area contributed by atoms with Crippen LogP contribution in [0.4, 0.5) is 0 Å². The van der Waals surface area contributed by atoms with Crippen LogP contribution in [0.15, 0.2) is 0 Å². The molecular weight excluding hydrogens is 652 g/mol. The number of ether oxygens (including phenoxy) is 4. The zero-order valence-corrected chi connectivity index (χ0v) is 32.6. The molecule has 0 aromatic rings. The van der Waals surface area contributed by atoms with Gasteiger partial charge >= 0.3 is 11.9 Å². The van der Waals surface area contributed by atoms with E-state index >= 15 is 0 Å². The van der Waals surface area contributed by atoms with Crippen LogP contribution in [0.1, 0.15) is 194 Å². The molecule has 0 aliphatic carbocycles. The summed E-state index contributed by atoms with van der Waals surface area (Å²) in [7, 11) is 0. The zero-order valence-electron chi connectivity index (χ0n) is 32.6. The van der Waals surface area contributed by atoms with Gasteiger partial charge in [-0.25, -0.2) is 0 Å². The van der Waals surface area contributed by atoms with Crippen LogP contribution in [0.2, 0.25) is 0 Å². The molecule has 0 radical (unpaired) electrons. The van der Waals surface area contributed by atoms with Crippen LogP contribution in [0.25, 0.3) is 0 Å². The van der Waals surface area contributed by atoms with Crippen molar-refractivity contribution in [3.63, 3.8) is 0 Å². The first-order chi connectivity index (χ1) is 24.8. The predicted octanol–water partition coefficient (Wildman–Crippen LogP) is 8.22. The predicted molar refractivity (Wildman–Crippen MR) is 201 cm³/mol. The third kappa shape index (κ3) is 25.4. The maximum atomic E-state index is 12.7. The Labute approximate surface area is 310 Å². The molecule has 0 saturated carbocycles. The summed E-state index contributed by atoms with van der Waals surface area (Å²) in [5.74, 6) is -0.798. The number of aliphatic hydroxyl groups excluding tert-OH is 4. The Hall–Kier alpha value is -1.30. The van der Waals surface area contributed by atoms with E-state index in [1.165, 1.54) is 122 Å². The molecule has 1 aliphatic heterocycles. The van der Waals surface area contributed by atoms with Gasteiger partial charge in [0.15, 0.2) is 12.4 Å². The third-order valence-corrected chi connectivity index (χ3v) is 9.99. The SMILES string of the molecule is CCCCCCCCCCCCCCCCCCCC(=O)OC[C@@H](CO[C@H]1O[C@@H](CO)[C@@H](O)C(O)C1O)OC(=O)CCCCCCCCCCC. The fourth-order valence-corrected chi connectivity index (χ4v) is 6.60. The lowest BCUT2D eigenvalue weighted by atomic mass is 9.99. The molecule has 10 nitrogen and oxygen atoms in total. The molecule has 0 aromatic carbocycles. The molecule has 0 amide bonds. The van der Waals surface area contributed by atoms with Gasteiger partial charge in [0.2, 0.25) is 0 Å². The summed E-state index contributed by atoms with van der Waals surface area (Å²) in [6.45, 7) is 3.41. The van der Waals surface area contributed by atoms with Crippen molar-refractivity contribution in [2.75, 3.05) is 19.8 Å². The van der Waals surface area contributed by atoms with Crippen molar-refractivity contribution in [1.29, 1.82) is 0 Å². The first-order valence-electron chi connectivity index (χ1n) is 21.1. The highest BCUT2D eigenvalue weighted by atomic mass is 16.7. The van der Waals surface area contributed by atoms with E-state index in [0.717, 1.165) is 38.5 Å². The molecule has 1 rings (SSSR count). The number of hydrogen-bond donors (Lipinski definition) is 4. The van der Waals surface area contributed by atoms with Gasteiger partial charge in [0.25, 0.3) is 0 Å². The highest BCUT2D eigenvalue weighted by Crippen LogP contribution is 2.23. The van der Waals surface area contributed by atoms with Crippen LogP contribution >= 0.6 is 0 Å². The van der Waals surface area contributed by atoms with E-state index in [0.29, 0.717) is 6.42 Å². The number of hydrogen-bond acceptors (Lipinski definition) is 10. The summed E-state index contributed by atoms with van der Waals surface area (Å²) in [6, 6.07) is 0. The summed E-state index contributed by atoms with van der Waals surface area (Å²) in [5.41, 5.74) is 0. The molecular formula is C41H78O10. The minimum Gasteiger partial charge on any atom is -0.462 e. The first-order valence-corrected chi connectivity index (χ1v) is 21.1. The van der Waals surface area contributed by atoms with Gasteiger partial charge in [-0.15, -0.1) is 0 Å². The van der Waals surface area contributed by atoms with Gasteiger partial charge in [0.1, 0.15) is 31.0 Å². The molecule has 1 heterocycles. The molecule has 6 atom stereocenters. The van der Waals surface area contributed by atoms with Crippen LogP contribution in [0, 0.1) is 0 Å². The number of aliphatic hydroxyl groups is 4. The number of unbranched alkanes of at least 4 members (excludes halogenated alkanes) is 24. The average Bonchev–Trinajstić information content (AvgIpc) is 3.13. The monoisotopic (exact) mass is 731 g/mol. The van der Waals surface area contributed by atoms with Crippen molar-refractivity contribution in [1.82, 2.24) is 0 Å². The van der Waals surface area contributed by atoms with E-state index in [-0.39, 0.29) is 32.0 Å². The van der Waals surface area contributed by atoms with Gasteiger partial charge in [-0.05, 0) is 12.8 Å². The van der Waals surface area contributed by atoms with Crippen LogP contribution in [-0.4, -0.2) is 89.0 Å². The Kier molecular flexibility index (Phi) is 31.1. The summed E-state index contributed by atoms with van der Waals surface area (Å²) in [6.07, 6.45) is 24.1. The second-order valence-corrected chi connectivity index (χ2v) is 14.8. The van der Waals surface area contributed by atoms with Crippen LogP contribution in [0.5, 0.6) is 0 Å². The highest BCUT2D eigenvalue weighted by Gasteiger charge is 2.44. The van der Waals surface area contributed by atoms with Gasteiger partial charge < -0.3 is 39.4 Å². The largest absolute Gasteiger partial charge is 0.462 e. The maximum Gasteiger partial charge on any atom is 0.306 e. The second kappa shape index (κ2) is 33.3. The molecule has 2 unspecified atom stereocenters. The Morgan fingerprint density at radius 1 is 0.529 bits per heavy atom. The molecule has 1 fully saturated rings. The summed E-state index contributed by atoms with van der Waals surface area (Å²) in [4.78, 5) is 25.2. The van der Waals surface area contributed by atoms with Gasteiger partial charge in [0, 0.05) is 12.8 Å². The Morgan fingerprint density at radius 2 is 0.922 bits per heavy atom. The average molecular weight is 731 g/mol. The van der Waals surface area contributed by atoms with E-state index in [9.17, 15) is 30.0 Å². The lowest BCUT2D eigenvalue weighted by molar-refractivity contribution is -0.305. The summed E-state index contributed by atoms with van der Waals surface area (Å²) >= 11 is 0. The molecule has 10 heteroatoms. The van der Waals surface area contributed by atoms with Crippen molar-refractivity contribution in [2.24, 2.45) is 0 Å². The molecule has 302 valence electrons. The number of rotatable bonds is 35. The van der Waals surface area contributed by atoms with E-state index in [4.69, 9.17) is 18.9 Å². The zero-order chi connectivity index (χ0) is 37.4. The molecule has 4 N–H and O–H groups in total. The highest BCUT2D eigenvalue weighted by molar-refractivity contribution is 5.70. The molecule has 0 aromatic heterocycles. The van der Waals surface area contributed by atoms with Gasteiger partial charge in [-0.1, -0.05) is 168 Å². The second-order valence-electron chi connectivity index (χ2n) is 14.8. The first kappa shape index (κ1) is 47.7. The molecule has 1 aliphatic rings. The van der Waals surface area contributed by atoms with Crippen molar-refractivity contribution in [3.05, 3.63) is 0 Å². The lowest BCUT2D eigenvalue weighted by Crippen LogP contribution is -2.59. The van der Waals surface area contributed by atoms with E-state index in [2.05, 4.69) is 13.8 Å². The number of carbonyl (C=O) groups is 2. The van der Waals surface area contributed by atoms with Crippen LogP contribution < -0.4 is 0 Å². The molecule has 0 bridgehead atoms. The minimum atomic E-state index is -1.59. The summed E-state index contributed by atoms with van der Waals surface area (Å²) < 4.78 is 22.1. The summed E-state index contributed by atoms with van der Waals surface area (Å²) in [5, 5.41) is 39.9. The van der Waals surface area contributed by atoms with E-state index < -0.39 is 49.4 Å². The fourth-order valence-electron chi connectivity index (χ4n) is 6.60.